The van der Waals surface area contributed by atoms with E-state index in [0.717, 1.165) is 25.7 Å². The van der Waals surface area contributed by atoms with Crippen molar-refractivity contribution in [3.8, 4) is 0 Å². The van der Waals surface area contributed by atoms with Gasteiger partial charge in [0.05, 0.1) is 16.6 Å². The van der Waals surface area contributed by atoms with Crippen molar-refractivity contribution in [3.05, 3.63) is 0 Å². The second-order valence-electron chi connectivity index (χ2n) is 4.83. The fourth-order valence-corrected chi connectivity index (χ4v) is 4.03. The van der Waals surface area contributed by atoms with E-state index < -0.39 is 5.79 Å². The molecule has 2 rings (SSSR count). The zero-order chi connectivity index (χ0) is 12.5. The molecule has 5 heteroatoms. The summed E-state index contributed by atoms with van der Waals surface area (Å²) in [4.78, 5) is 11.2. The van der Waals surface area contributed by atoms with Crippen molar-refractivity contribution in [3.63, 3.8) is 0 Å². The van der Waals surface area contributed by atoms with Gasteiger partial charge < -0.3 is 14.2 Å². The van der Waals surface area contributed by atoms with Crippen LogP contribution in [0.3, 0.4) is 0 Å². The zero-order valence-corrected chi connectivity index (χ0v) is 12.4. The molecule has 0 unspecified atom stereocenters. The molecule has 2 fully saturated rings. The summed E-state index contributed by atoms with van der Waals surface area (Å²) in [5, 5.41) is 0. The number of rotatable bonds is 1. The molecule has 4 nitrogen and oxygen atoms in total. The number of carbonyl (C=O) groups is 1. The van der Waals surface area contributed by atoms with Crippen molar-refractivity contribution in [1.82, 2.24) is 0 Å². The van der Waals surface area contributed by atoms with Crippen molar-refractivity contribution in [2.45, 2.75) is 61.5 Å². The minimum Gasteiger partial charge on any atom is -0.456 e. The maximum absolute atomic E-state index is 11.2. The van der Waals surface area contributed by atoms with Crippen LogP contribution < -0.4 is 0 Å². The first-order chi connectivity index (χ1) is 8.03. The number of esters is 1. The molecule has 0 aromatic rings. The van der Waals surface area contributed by atoms with Crippen LogP contribution in [-0.4, -0.2) is 34.5 Å². The minimum atomic E-state index is -0.701. The van der Waals surface area contributed by atoms with Gasteiger partial charge in [-0.1, -0.05) is 22.6 Å². The number of halogens is 1. The summed E-state index contributed by atoms with van der Waals surface area (Å²) in [6.45, 7) is 4.18. The Morgan fingerprint density at radius 2 is 2.24 bits per heavy atom. The highest BCUT2D eigenvalue weighted by Crippen LogP contribution is 2.41. The molecular formula is C12H19IO4. The van der Waals surface area contributed by atoms with Crippen LogP contribution in [0.2, 0.25) is 0 Å². The van der Waals surface area contributed by atoms with E-state index in [1.165, 1.54) is 6.92 Å². The first kappa shape index (κ1) is 13.5. The first-order valence-electron chi connectivity index (χ1n) is 6.16. The standard InChI is InChI=1S/C12H19IO4/c1-8-7-10(13)11(16-9(2)14)12(17-8)5-3-4-6-15-12/h8,10-11H,3-7H2,1-2H3/t8-,10+,11-,12+/m1/s1. The second-order valence-corrected chi connectivity index (χ2v) is 6.43. The van der Waals surface area contributed by atoms with Gasteiger partial charge in [-0.15, -0.1) is 0 Å². The Hall–Kier alpha value is 0.120. The summed E-state index contributed by atoms with van der Waals surface area (Å²) in [7, 11) is 0. The molecule has 17 heavy (non-hydrogen) atoms. The molecule has 4 atom stereocenters. The Balaban J connectivity index is 2.19. The molecule has 2 saturated heterocycles. The van der Waals surface area contributed by atoms with E-state index in [2.05, 4.69) is 29.5 Å². The summed E-state index contributed by atoms with van der Waals surface area (Å²) in [5.41, 5.74) is 0. The minimum absolute atomic E-state index is 0.154. The van der Waals surface area contributed by atoms with Gasteiger partial charge in [-0.25, -0.2) is 0 Å². The van der Waals surface area contributed by atoms with E-state index in [1.54, 1.807) is 0 Å². The number of alkyl halides is 1. The van der Waals surface area contributed by atoms with Gasteiger partial charge in [0.1, 0.15) is 0 Å². The van der Waals surface area contributed by atoms with Crippen LogP contribution in [0.15, 0.2) is 0 Å². The van der Waals surface area contributed by atoms with Gasteiger partial charge in [-0.3, -0.25) is 4.79 Å². The molecule has 0 saturated carbocycles. The highest BCUT2D eigenvalue weighted by Gasteiger charge is 2.52. The lowest BCUT2D eigenvalue weighted by molar-refractivity contribution is -0.329. The van der Waals surface area contributed by atoms with E-state index >= 15 is 0 Å². The maximum atomic E-state index is 11.2. The monoisotopic (exact) mass is 354 g/mol. The molecule has 0 radical (unpaired) electrons. The molecule has 98 valence electrons. The summed E-state index contributed by atoms with van der Waals surface area (Å²) in [5.74, 6) is -0.962. The van der Waals surface area contributed by atoms with Crippen molar-refractivity contribution in [2.75, 3.05) is 6.61 Å². The SMILES string of the molecule is CC(=O)O[C@@H]1[C@@H](I)C[C@@H](C)O[C@@]12CCCCO2. The highest BCUT2D eigenvalue weighted by molar-refractivity contribution is 14.1. The fourth-order valence-electron chi connectivity index (χ4n) is 2.62. The predicted octanol–water partition coefficient (Wildman–Crippen LogP) is 2.43. The third-order valence-electron chi connectivity index (χ3n) is 3.28. The normalized spacial score (nSPS) is 42.4. The van der Waals surface area contributed by atoms with Crippen LogP contribution in [0.25, 0.3) is 0 Å². The van der Waals surface area contributed by atoms with E-state index in [4.69, 9.17) is 14.2 Å². The van der Waals surface area contributed by atoms with Crippen molar-refractivity contribution >= 4 is 28.6 Å². The molecular weight excluding hydrogens is 335 g/mol. The first-order valence-corrected chi connectivity index (χ1v) is 7.41. The van der Waals surface area contributed by atoms with Gasteiger partial charge in [0.25, 0.3) is 0 Å². The van der Waals surface area contributed by atoms with Gasteiger partial charge in [0.15, 0.2) is 6.10 Å². The smallest absolute Gasteiger partial charge is 0.303 e. The molecule has 2 heterocycles. The third-order valence-corrected chi connectivity index (χ3v) is 4.44. The van der Waals surface area contributed by atoms with Crippen molar-refractivity contribution in [1.29, 1.82) is 0 Å². The van der Waals surface area contributed by atoms with Crippen molar-refractivity contribution < 1.29 is 19.0 Å². The Morgan fingerprint density at radius 3 is 2.82 bits per heavy atom. The van der Waals surface area contributed by atoms with Crippen LogP contribution in [0, 0.1) is 0 Å². The highest BCUT2D eigenvalue weighted by atomic mass is 127. The van der Waals surface area contributed by atoms with Crippen LogP contribution in [0.1, 0.15) is 39.5 Å². The zero-order valence-electron chi connectivity index (χ0n) is 10.3. The lowest BCUT2D eigenvalue weighted by Crippen LogP contribution is -2.60. The van der Waals surface area contributed by atoms with E-state index in [1.807, 2.05) is 0 Å². The summed E-state index contributed by atoms with van der Waals surface area (Å²) in [6.07, 6.45) is 3.70. The van der Waals surface area contributed by atoms with Crippen LogP contribution in [0.4, 0.5) is 0 Å². The molecule has 0 aromatic heterocycles. The van der Waals surface area contributed by atoms with Gasteiger partial charge in [-0.05, 0) is 26.2 Å². The molecule has 0 amide bonds. The Bertz CT molecular complexity index is 288. The Kier molecular flexibility index (Phi) is 4.31. The third kappa shape index (κ3) is 2.93. The van der Waals surface area contributed by atoms with Crippen LogP contribution in [0.5, 0.6) is 0 Å². The molecule has 0 aromatic carbocycles. The predicted molar refractivity (Wildman–Crippen MR) is 71.1 cm³/mol. The van der Waals surface area contributed by atoms with Crippen LogP contribution >= 0.6 is 22.6 Å². The van der Waals surface area contributed by atoms with Gasteiger partial charge in [-0.2, -0.15) is 0 Å². The average molecular weight is 354 g/mol. The maximum Gasteiger partial charge on any atom is 0.303 e. The summed E-state index contributed by atoms with van der Waals surface area (Å²) in [6, 6.07) is 0. The van der Waals surface area contributed by atoms with E-state index in [-0.39, 0.29) is 22.1 Å². The Labute approximate surface area is 116 Å². The van der Waals surface area contributed by atoms with Gasteiger partial charge >= 0.3 is 5.97 Å². The molecule has 2 aliphatic rings. The molecule has 1 spiro atoms. The molecule has 2 aliphatic heterocycles. The number of carbonyl (C=O) groups excluding carboxylic acids is 1. The topological polar surface area (TPSA) is 44.8 Å². The Morgan fingerprint density at radius 1 is 1.47 bits per heavy atom. The van der Waals surface area contributed by atoms with Gasteiger partial charge in [0, 0.05) is 13.3 Å². The second kappa shape index (κ2) is 5.40. The summed E-state index contributed by atoms with van der Waals surface area (Å²) < 4.78 is 17.5. The van der Waals surface area contributed by atoms with Gasteiger partial charge in [0.2, 0.25) is 5.79 Å². The molecule has 0 N–H and O–H groups in total. The number of ether oxygens (including phenoxy) is 3. The lowest BCUT2D eigenvalue weighted by atomic mass is 9.92. The average Bonchev–Trinajstić information content (AvgIpc) is 2.24. The molecule has 0 bridgehead atoms. The molecule has 0 aliphatic carbocycles. The number of hydrogen-bond donors (Lipinski definition) is 0. The number of hydrogen-bond acceptors (Lipinski definition) is 4. The quantitative estimate of drug-likeness (QED) is 0.412. The van der Waals surface area contributed by atoms with Crippen LogP contribution in [-0.2, 0) is 19.0 Å². The van der Waals surface area contributed by atoms with E-state index in [9.17, 15) is 4.79 Å². The summed E-state index contributed by atoms with van der Waals surface area (Å²) >= 11 is 2.34. The fraction of sp³-hybridized carbons (Fsp3) is 0.917. The van der Waals surface area contributed by atoms with E-state index in [0.29, 0.717) is 6.61 Å². The van der Waals surface area contributed by atoms with Crippen molar-refractivity contribution in [2.24, 2.45) is 0 Å². The largest absolute Gasteiger partial charge is 0.456 e. The lowest BCUT2D eigenvalue weighted by Gasteiger charge is -2.48.